The van der Waals surface area contributed by atoms with E-state index in [0.717, 1.165) is 48.5 Å². The highest BCUT2D eigenvalue weighted by atomic mass is 16.6. The van der Waals surface area contributed by atoms with Crippen molar-refractivity contribution in [3.05, 3.63) is 60.7 Å². The fourth-order valence-electron chi connectivity index (χ4n) is 4.93. The van der Waals surface area contributed by atoms with Gasteiger partial charge in [-0.05, 0) is 0 Å². The maximum absolute atomic E-state index is 10.8. The van der Waals surface area contributed by atoms with E-state index in [-0.39, 0.29) is 5.75 Å². The molecule has 21 nitrogen and oxygen atoms in total. The highest BCUT2D eigenvalue weighted by Gasteiger charge is 2.27. The van der Waals surface area contributed by atoms with Gasteiger partial charge in [0.25, 0.3) is 0 Å². The molecule has 0 aromatic heterocycles. The Morgan fingerprint density at radius 2 is 0.491 bits per heavy atom. The summed E-state index contributed by atoms with van der Waals surface area (Å²) in [5.74, 6) is -21.6. The highest BCUT2D eigenvalue weighted by molar-refractivity contribution is 5.70. The molecule has 0 radical (unpaired) electrons. The van der Waals surface area contributed by atoms with Gasteiger partial charge in [0.1, 0.15) is 23.0 Å². The molecule has 0 atom stereocenters. The maximum Gasteiger partial charge on any atom is 0.215 e. The molecule has 6 aromatic rings. The number of ether oxygens (including phenoxy) is 5. The lowest BCUT2D eigenvalue weighted by Gasteiger charge is -2.19. The summed E-state index contributed by atoms with van der Waals surface area (Å²) in [5, 5.41) is 164. The second kappa shape index (κ2) is 14.2. The van der Waals surface area contributed by atoms with E-state index in [1.165, 1.54) is 0 Å². The van der Waals surface area contributed by atoms with E-state index in [1.807, 2.05) is 0 Å². The van der Waals surface area contributed by atoms with Gasteiger partial charge in [-0.25, -0.2) is 0 Å². The van der Waals surface area contributed by atoms with Crippen LogP contribution in [-0.2, 0) is 0 Å². The van der Waals surface area contributed by atoms with Gasteiger partial charge in [-0.2, -0.15) is 0 Å². The number of aromatic hydroxyl groups is 16. The van der Waals surface area contributed by atoms with Crippen molar-refractivity contribution in [1.29, 1.82) is 0 Å². The smallest absolute Gasteiger partial charge is 0.215 e. The molecule has 0 unspecified atom stereocenters. The predicted molar refractivity (Wildman–Crippen MR) is 186 cm³/mol. The van der Waals surface area contributed by atoms with Gasteiger partial charge >= 0.3 is 0 Å². The van der Waals surface area contributed by atoms with Crippen LogP contribution in [0.4, 0.5) is 0 Å². The van der Waals surface area contributed by atoms with Crippen LogP contribution < -0.4 is 23.7 Å². The first-order valence-electron chi connectivity index (χ1n) is 15.4. The molecule has 57 heavy (non-hydrogen) atoms. The maximum atomic E-state index is 10.8. The first-order chi connectivity index (χ1) is 26.8. The Morgan fingerprint density at radius 1 is 0.228 bits per heavy atom. The molecule has 0 aliphatic heterocycles. The Balaban J connectivity index is 1.31. The van der Waals surface area contributed by atoms with Gasteiger partial charge < -0.3 is 105 Å². The molecule has 0 fully saturated rings. The molecule has 0 amide bonds. The number of hydrogen-bond donors (Lipinski definition) is 16. The minimum absolute atomic E-state index is 0.384. The zero-order chi connectivity index (χ0) is 41.6. The quantitative estimate of drug-likeness (QED) is 0.0713. The summed E-state index contributed by atoms with van der Waals surface area (Å²) in [6.07, 6.45) is 0. The normalized spacial score (nSPS) is 10.9. The van der Waals surface area contributed by atoms with Crippen molar-refractivity contribution in [1.82, 2.24) is 0 Å². The van der Waals surface area contributed by atoms with Gasteiger partial charge in [0, 0.05) is 60.7 Å². The first kappa shape index (κ1) is 37.9. The van der Waals surface area contributed by atoms with Crippen molar-refractivity contribution < 1.29 is 105 Å². The van der Waals surface area contributed by atoms with Crippen LogP contribution in [0.5, 0.6) is 149 Å². The molecule has 0 bridgehead atoms. The molecule has 0 aliphatic rings. The molecule has 0 aliphatic carbocycles. The third-order valence-electron chi connectivity index (χ3n) is 7.56. The minimum atomic E-state index is -1.20. The summed E-state index contributed by atoms with van der Waals surface area (Å²) in [6, 6.07) is 7.70. The van der Waals surface area contributed by atoms with E-state index in [9.17, 15) is 81.7 Å². The molecule has 6 aromatic carbocycles. The Morgan fingerprint density at radius 3 is 0.842 bits per heavy atom. The predicted octanol–water partition coefficient (Wildman–Crippen LogP) is 5.94. The van der Waals surface area contributed by atoms with Crippen molar-refractivity contribution in [2.75, 3.05) is 0 Å². The van der Waals surface area contributed by atoms with E-state index < -0.39 is 144 Å². The summed E-state index contributed by atoms with van der Waals surface area (Å²) in [5.41, 5.74) is 0. The topological polar surface area (TPSA) is 370 Å². The molecule has 0 saturated carbocycles. The van der Waals surface area contributed by atoms with E-state index in [0.29, 0.717) is 12.1 Å². The fourth-order valence-corrected chi connectivity index (χ4v) is 4.93. The number of benzene rings is 6. The second-order valence-electron chi connectivity index (χ2n) is 11.6. The largest absolute Gasteiger partial charge is 0.508 e. The van der Waals surface area contributed by atoms with Crippen LogP contribution in [0.15, 0.2) is 60.7 Å². The van der Waals surface area contributed by atoms with Gasteiger partial charge in [0.2, 0.25) is 57.5 Å². The molecule has 0 spiro atoms. The average molecular weight is 795 g/mol. The summed E-state index contributed by atoms with van der Waals surface area (Å²) in [7, 11) is 0. The summed E-state index contributed by atoms with van der Waals surface area (Å²) >= 11 is 0. The van der Waals surface area contributed by atoms with Crippen LogP contribution >= 0.6 is 0 Å². The van der Waals surface area contributed by atoms with Crippen LogP contribution in [0, 0.1) is 0 Å². The van der Waals surface area contributed by atoms with Gasteiger partial charge in [0.15, 0.2) is 69.0 Å². The molecular weight excluding hydrogens is 768 g/mol. The summed E-state index contributed by atoms with van der Waals surface area (Å²) in [4.78, 5) is 0. The summed E-state index contributed by atoms with van der Waals surface area (Å²) < 4.78 is 27.2. The fraction of sp³-hybridized carbons (Fsp3) is 0. The van der Waals surface area contributed by atoms with Gasteiger partial charge in [-0.1, -0.05) is 0 Å². The van der Waals surface area contributed by atoms with Crippen LogP contribution in [0.3, 0.4) is 0 Å². The van der Waals surface area contributed by atoms with E-state index in [1.54, 1.807) is 0 Å². The zero-order valence-corrected chi connectivity index (χ0v) is 28.0. The van der Waals surface area contributed by atoms with Crippen molar-refractivity contribution in [2.24, 2.45) is 0 Å². The van der Waals surface area contributed by atoms with Gasteiger partial charge in [-0.15, -0.1) is 0 Å². The van der Waals surface area contributed by atoms with Crippen LogP contribution in [0.1, 0.15) is 0 Å². The van der Waals surface area contributed by atoms with Gasteiger partial charge in [-0.3, -0.25) is 0 Å². The van der Waals surface area contributed by atoms with Gasteiger partial charge in [0.05, 0.1) is 0 Å². The van der Waals surface area contributed by atoms with Crippen molar-refractivity contribution in [3.8, 4) is 149 Å². The molecule has 16 N–H and O–H groups in total. The lowest BCUT2D eigenvalue weighted by molar-refractivity contribution is 0.319. The van der Waals surface area contributed by atoms with E-state index >= 15 is 0 Å². The Labute approximate surface area is 315 Å². The Kier molecular flexibility index (Phi) is 9.41. The van der Waals surface area contributed by atoms with E-state index in [2.05, 4.69) is 0 Å². The SMILES string of the molecule is Oc1cc(O)c(Oc2cc(O)c(Oc3cc(O)c(O)c(O)c3Oc3cc(O)c(Oc4cc(O)c(O)c(O)c4Oc4cc(O)c(O)c(O)c4)c(O)c3)c(O)c2)c(O)c1. The number of phenolic OH excluding ortho intramolecular Hbond substituents is 16. The number of hydrogen-bond acceptors (Lipinski definition) is 21. The van der Waals surface area contributed by atoms with Crippen LogP contribution in [0.2, 0.25) is 0 Å². The monoisotopic (exact) mass is 794 g/mol. The van der Waals surface area contributed by atoms with Crippen LogP contribution in [0.25, 0.3) is 0 Å². The first-order valence-corrected chi connectivity index (χ1v) is 15.4. The van der Waals surface area contributed by atoms with Crippen molar-refractivity contribution in [2.45, 2.75) is 0 Å². The molecule has 0 heterocycles. The Hall–Kier alpha value is -8.88. The minimum Gasteiger partial charge on any atom is -0.508 e. The molecule has 21 heteroatoms. The number of phenols is 16. The lowest BCUT2D eigenvalue weighted by atomic mass is 10.2. The summed E-state index contributed by atoms with van der Waals surface area (Å²) in [6.45, 7) is 0. The molecule has 0 saturated heterocycles. The van der Waals surface area contributed by atoms with Crippen molar-refractivity contribution in [3.63, 3.8) is 0 Å². The Bertz CT molecular complexity index is 2490. The molecule has 6 rings (SSSR count). The van der Waals surface area contributed by atoms with E-state index in [4.69, 9.17) is 23.7 Å². The average Bonchev–Trinajstić information content (AvgIpc) is 3.13. The van der Waals surface area contributed by atoms with Crippen LogP contribution in [-0.4, -0.2) is 81.7 Å². The second-order valence-corrected chi connectivity index (χ2v) is 11.6. The highest BCUT2D eigenvalue weighted by Crippen LogP contribution is 2.57. The van der Waals surface area contributed by atoms with Crippen molar-refractivity contribution >= 4 is 0 Å². The third-order valence-corrected chi connectivity index (χ3v) is 7.56. The lowest BCUT2D eigenvalue weighted by Crippen LogP contribution is -1.95. The zero-order valence-electron chi connectivity index (χ0n) is 28.0. The standard InChI is InChI=1S/C36H26O21/c37-11-1-19(42)32(20(43)2-11)53-13-5-21(44)33(22(45)6-13)57-26-10-18(41)29(50)31(52)36(26)55-14-7-23(46)34(24(47)8-14)56-25-9-17(40)28(49)30(51)35(25)54-12-3-15(38)27(48)16(39)4-12/h1-10,37-52H. The molecular formula is C36H26O21. The molecule has 296 valence electrons. The number of rotatable bonds is 10. The third kappa shape index (κ3) is 7.24.